The number of aromatic nitrogens is 1. The number of carboxylic acids is 1. The molecule has 1 N–H and O–H groups in total. The molecular weight excluding hydrogens is 531 g/mol. The van der Waals surface area contributed by atoms with Gasteiger partial charge < -0.3 is 19.5 Å². The molecule has 6 nitrogen and oxygen atoms in total. The predicted octanol–water partition coefficient (Wildman–Crippen LogP) is 8.08. The van der Waals surface area contributed by atoms with Crippen LogP contribution in [0.5, 0.6) is 5.75 Å². The molecule has 0 saturated carbocycles. The Kier molecular flexibility index (Phi) is 9.61. The molecule has 0 amide bonds. The van der Waals surface area contributed by atoms with Gasteiger partial charge in [-0.1, -0.05) is 38.1 Å². The Morgan fingerprint density at radius 1 is 1.02 bits per heavy atom. The monoisotopic (exact) mass is 576 g/mol. The average molecular weight is 577 g/mol. The van der Waals surface area contributed by atoms with Gasteiger partial charge in [0.1, 0.15) is 11.6 Å². The number of aliphatic carboxylic acids is 1. The molecule has 0 aliphatic carbocycles. The van der Waals surface area contributed by atoms with Crippen molar-refractivity contribution in [3.05, 3.63) is 76.9 Å². The first-order valence-electron chi connectivity index (χ1n) is 14.9. The van der Waals surface area contributed by atoms with E-state index in [1.54, 1.807) is 12.1 Å². The maximum absolute atomic E-state index is 13.2. The molecule has 4 rings (SSSR count). The lowest BCUT2D eigenvalue weighted by atomic mass is 9.82. The fourth-order valence-corrected chi connectivity index (χ4v) is 5.59. The summed E-state index contributed by atoms with van der Waals surface area (Å²) in [5.41, 5.74) is 5.60. The first-order chi connectivity index (χ1) is 19.7. The molecule has 2 aromatic carbocycles. The number of ether oxygens (including phenoxy) is 2. The van der Waals surface area contributed by atoms with E-state index in [0.717, 1.165) is 72.6 Å². The number of hydrogen-bond donors (Lipinski definition) is 1. The average Bonchev–Trinajstić information content (AvgIpc) is 2.91. The molecule has 3 aromatic rings. The van der Waals surface area contributed by atoms with Gasteiger partial charge in [-0.15, -0.1) is 0 Å². The zero-order chi connectivity index (χ0) is 30.7. The van der Waals surface area contributed by atoms with Crippen LogP contribution in [0.25, 0.3) is 11.1 Å². The largest absolute Gasteiger partial charge is 0.494 e. The summed E-state index contributed by atoms with van der Waals surface area (Å²) in [6.07, 6.45) is 2.50. The zero-order valence-corrected chi connectivity index (χ0v) is 26.1. The smallest absolute Gasteiger partial charge is 0.337 e. The van der Waals surface area contributed by atoms with Gasteiger partial charge >= 0.3 is 5.97 Å². The summed E-state index contributed by atoms with van der Waals surface area (Å²) in [7, 11) is 0. The lowest BCUT2D eigenvalue weighted by Gasteiger charge is -2.41. The molecule has 1 aliphatic rings. The van der Waals surface area contributed by atoms with Gasteiger partial charge in [0.05, 0.1) is 17.9 Å². The van der Waals surface area contributed by atoms with Gasteiger partial charge in [0.15, 0.2) is 6.10 Å². The van der Waals surface area contributed by atoms with Gasteiger partial charge in [0.25, 0.3) is 0 Å². The molecule has 0 radical (unpaired) electrons. The Bertz CT molecular complexity index is 1370. The van der Waals surface area contributed by atoms with Gasteiger partial charge in [-0.25, -0.2) is 9.18 Å². The van der Waals surface area contributed by atoms with Crippen molar-refractivity contribution in [1.29, 1.82) is 0 Å². The van der Waals surface area contributed by atoms with Crippen molar-refractivity contribution in [2.45, 2.75) is 85.9 Å². The van der Waals surface area contributed by atoms with Crippen LogP contribution >= 0.6 is 0 Å². The lowest BCUT2D eigenvalue weighted by molar-refractivity contribution is -0.160. The second kappa shape index (κ2) is 12.8. The van der Waals surface area contributed by atoms with Crippen LogP contribution in [0, 0.1) is 25.1 Å². The van der Waals surface area contributed by atoms with Crippen molar-refractivity contribution >= 4 is 11.7 Å². The SMILES string of the molecule is Cc1nc(C)c(C(OC(C)(C)C)C(=O)O)c(N2CCC(C)(C)CC2)c1-c1ccc(OCCCc2ccc(F)cc2)cc1. The van der Waals surface area contributed by atoms with Crippen LogP contribution in [0.2, 0.25) is 0 Å². The molecule has 1 fully saturated rings. The lowest BCUT2D eigenvalue weighted by Crippen LogP contribution is -2.39. The molecule has 226 valence electrons. The highest BCUT2D eigenvalue weighted by Crippen LogP contribution is 2.45. The minimum atomic E-state index is -1.15. The Hall–Kier alpha value is -3.45. The number of nitrogens with zero attached hydrogens (tertiary/aromatic N) is 2. The normalized spacial score (nSPS) is 15.9. The molecule has 1 atom stereocenters. The summed E-state index contributed by atoms with van der Waals surface area (Å²) in [6.45, 7) is 16.3. The van der Waals surface area contributed by atoms with E-state index in [2.05, 4.69) is 18.7 Å². The first kappa shape index (κ1) is 31.5. The van der Waals surface area contributed by atoms with Gasteiger partial charge in [-0.2, -0.15) is 0 Å². The predicted molar refractivity (Wildman–Crippen MR) is 166 cm³/mol. The van der Waals surface area contributed by atoms with E-state index in [9.17, 15) is 14.3 Å². The molecule has 2 heterocycles. The van der Waals surface area contributed by atoms with Crippen LogP contribution in [0.3, 0.4) is 0 Å². The molecule has 42 heavy (non-hydrogen) atoms. The number of carbonyl (C=O) groups is 1. The Morgan fingerprint density at radius 3 is 2.21 bits per heavy atom. The molecule has 1 unspecified atom stereocenters. The summed E-state index contributed by atoms with van der Waals surface area (Å²) in [5.74, 6) is -0.488. The van der Waals surface area contributed by atoms with Crippen LogP contribution in [-0.4, -0.2) is 41.4 Å². The van der Waals surface area contributed by atoms with Gasteiger partial charge in [-0.05, 0) is 101 Å². The molecule has 1 saturated heterocycles. The van der Waals surface area contributed by atoms with E-state index in [1.165, 1.54) is 12.1 Å². The third-order valence-electron chi connectivity index (χ3n) is 7.90. The highest BCUT2D eigenvalue weighted by atomic mass is 19.1. The van der Waals surface area contributed by atoms with E-state index < -0.39 is 17.7 Å². The summed E-state index contributed by atoms with van der Waals surface area (Å²) in [5, 5.41) is 10.4. The van der Waals surface area contributed by atoms with Gasteiger partial charge in [0.2, 0.25) is 0 Å². The summed E-state index contributed by atoms with van der Waals surface area (Å²) < 4.78 is 25.3. The minimum absolute atomic E-state index is 0.228. The molecule has 1 aliphatic heterocycles. The Labute approximate surface area is 249 Å². The third kappa shape index (κ3) is 7.88. The number of carboxylic acid groups (broad SMARTS) is 1. The number of piperidine rings is 1. The van der Waals surface area contributed by atoms with Gasteiger partial charge in [-0.3, -0.25) is 4.98 Å². The van der Waals surface area contributed by atoms with E-state index >= 15 is 0 Å². The maximum atomic E-state index is 13.2. The van der Waals surface area contributed by atoms with Crippen LogP contribution < -0.4 is 9.64 Å². The second-order valence-corrected chi connectivity index (χ2v) is 13.1. The highest BCUT2D eigenvalue weighted by Gasteiger charge is 2.36. The van der Waals surface area contributed by atoms with E-state index in [-0.39, 0.29) is 11.2 Å². The van der Waals surface area contributed by atoms with E-state index in [1.807, 2.05) is 58.9 Å². The molecule has 0 bridgehead atoms. The van der Waals surface area contributed by atoms with Crippen molar-refractivity contribution in [1.82, 2.24) is 4.98 Å². The maximum Gasteiger partial charge on any atom is 0.337 e. The number of rotatable bonds is 10. The quantitative estimate of drug-likeness (QED) is 0.246. The topological polar surface area (TPSA) is 71.9 Å². The van der Waals surface area contributed by atoms with Crippen molar-refractivity contribution < 1.29 is 23.8 Å². The second-order valence-electron chi connectivity index (χ2n) is 13.1. The zero-order valence-electron chi connectivity index (χ0n) is 26.1. The molecule has 0 spiro atoms. The van der Waals surface area contributed by atoms with Crippen LogP contribution in [0.15, 0.2) is 48.5 Å². The number of pyridine rings is 1. The number of benzene rings is 2. The van der Waals surface area contributed by atoms with Crippen LogP contribution in [0.4, 0.5) is 10.1 Å². The fourth-order valence-electron chi connectivity index (χ4n) is 5.59. The number of anilines is 1. The summed E-state index contributed by atoms with van der Waals surface area (Å²) in [6, 6.07) is 14.5. The minimum Gasteiger partial charge on any atom is -0.494 e. The van der Waals surface area contributed by atoms with E-state index in [4.69, 9.17) is 14.5 Å². The van der Waals surface area contributed by atoms with Crippen molar-refractivity contribution in [2.24, 2.45) is 5.41 Å². The highest BCUT2D eigenvalue weighted by molar-refractivity contribution is 5.88. The van der Waals surface area contributed by atoms with Crippen molar-refractivity contribution in [3.63, 3.8) is 0 Å². The standard InChI is InChI=1S/C35H45FN2O4/c1-23-29(26-12-16-28(17-13-26)41-22-8-9-25-10-14-27(36)15-11-25)31(38-20-18-35(6,7)19-21-38)30(24(2)37-23)32(33(39)40)42-34(3,4)5/h10-17,32H,8-9,18-22H2,1-7H3,(H,39,40). The Morgan fingerprint density at radius 2 is 1.64 bits per heavy atom. The number of hydrogen-bond acceptors (Lipinski definition) is 5. The summed E-state index contributed by atoms with van der Waals surface area (Å²) >= 11 is 0. The molecular formula is C35H45FN2O4. The van der Waals surface area contributed by atoms with E-state index in [0.29, 0.717) is 17.9 Å². The Balaban J connectivity index is 1.66. The molecule has 1 aromatic heterocycles. The number of aryl methyl sites for hydroxylation is 3. The number of halogens is 1. The van der Waals surface area contributed by atoms with Crippen LogP contribution in [0.1, 0.15) is 82.5 Å². The molecule has 7 heteroatoms. The summed E-state index contributed by atoms with van der Waals surface area (Å²) in [4.78, 5) is 19.9. The third-order valence-corrected chi connectivity index (χ3v) is 7.90. The van der Waals surface area contributed by atoms with Gasteiger partial charge in [0, 0.05) is 35.6 Å². The fraction of sp³-hybridized carbons (Fsp3) is 0.486. The first-order valence-corrected chi connectivity index (χ1v) is 14.9. The van der Waals surface area contributed by atoms with Crippen molar-refractivity contribution in [3.8, 4) is 16.9 Å². The van der Waals surface area contributed by atoms with Crippen LogP contribution in [-0.2, 0) is 16.0 Å². The van der Waals surface area contributed by atoms with Crippen molar-refractivity contribution in [2.75, 3.05) is 24.6 Å².